The number of hydrogen-bond acceptors (Lipinski definition) is 2. The van der Waals surface area contributed by atoms with Crippen LogP contribution in [0.4, 0.5) is 0 Å². The van der Waals surface area contributed by atoms with Crippen molar-refractivity contribution in [3.8, 4) is 11.1 Å². The molecular formula is C23H30Cl2N2. The summed E-state index contributed by atoms with van der Waals surface area (Å²) in [7, 11) is 0. The maximum absolute atomic E-state index is 3.52. The van der Waals surface area contributed by atoms with Gasteiger partial charge < -0.3 is 5.32 Å². The van der Waals surface area contributed by atoms with Crippen LogP contribution in [0.25, 0.3) is 11.1 Å². The zero-order valence-electron chi connectivity index (χ0n) is 15.8. The van der Waals surface area contributed by atoms with Crippen molar-refractivity contribution in [1.29, 1.82) is 0 Å². The van der Waals surface area contributed by atoms with Crippen LogP contribution in [0.5, 0.6) is 0 Å². The van der Waals surface area contributed by atoms with Crippen molar-refractivity contribution in [2.75, 3.05) is 26.2 Å². The Morgan fingerprint density at radius 2 is 1.56 bits per heavy atom. The minimum absolute atomic E-state index is 0. The Labute approximate surface area is 175 Å². The number of benzene rings is 2. The molecule has 0 amide bonds. The van der Waals surface area contributed by atoms with E-state index in [0.717, 1.165) is 25.4 Å². The van der Waals surface area contributed by atoms with Gasteiger partial charge in [0.05, 0.1) is 0 Å². The number of nitrogens with zero attached hydrogens (tertiary/aromatic N) is 1. The average Bonchev–Trinajstić information content (AvgIpc) is 3.30. The normalized spacial score (nSPS) is 20.3. The van der Waals surface area contributed by atoms with Crippen LogP contribution < -0.4 is 5.32 Å². The summed E-state index contributed by atoms with van der Waals surface area (Å²) in [6.07, 6.45) is 6.77. The average molecular weight is 405 g/mol. The van der Waals surface area contributed by atoms with Crippen molar-refractivity contribution >= 4 is 24.8 Å². The third-order valence-electron chi connectivity index (χ3n) is 6.55. The highest BCUT2D eigenvalue weighted by molar-refractivity contribution is 5.85. The third-order valence-corrected chi connectivity index (χ3v) is 6.55. The topological polar surface area (TPSA) is 15.3 Å². The van der Waals surface area contributed by atoms with Gasteiger partial charge in [0.1, 0.15) is 0 Å². The second-order valence-electron chi connectivity index (χ2n) is 8.03. The highest BCUT2D eigenvalue weighted by Gasteiger charge is 2.32. The van der Waals surface area contributed by atoms with Gasteiger partial charge >= 0.3 is 0 Å². The molecule has 1 heterocycles. The molecule has 1 saturated carbocycles. The fourth-order valence-corrected chi connectivity index (χ4v) is 5.36. The van der Waals surface area contributed by atoms with Crippen molar-refractivity contribution in [3.63, 3.8) is 0 Å². The van der Waals surface area contributed by atoms with Crippen molar-refractivity contribution in [3.05, 3.63) is 59.2 Å². The molecule has 2 aromatic carbocycles. The molecule has 0 aromatic heterocycles. The van der Waals surface area contributed by atoms with Gasteiger partial charge in [-0.05, 0) is 53.0 Å². The van der Waals surface area contributed by atoms with Crippen LogP contribution >= 0.6 is 24.8 Å². The van der Waals surface area contributed by atoms with Gasteiger partial charge in [-0.1, -0.05) is 55.3 Å². The van der Waals surface area contributed by atoms with Gasteiger partial charge in [-0.25, -0.2) is 0 Å². The molecule has 27 heavy (non-hydrogen) atoms. The van der Waals surface area contributed by atoms with E-state index in [1.54, 1.807) is 5.56 Å². The molecule has 1 saturated heterocycles. The van der Waals surface area contributed by atoms with Crippen molar-refractivity contribution < 1.29 is 0 Å². The van der Waals surface area contributed by atoms with Gasteiger partial charge in [0.25, 0.3) is 0 Å². The van der Waals surface area contributed by atoms with Crippen molar-refractivity contribution in [2.24, 2.45) is 5.92 Å². The third kappa shape index (κ3) is 3.91. The number of piperazine rings is 1. The number of hydrogen-bond donors (Lipinski definition) is 1. The van der Waals surface area contributed by atoms with E-state index in [0.29, 0.717) is 6.04 Å². The van der Waals surface area contributed by atoms with Crippen molar-refractivity contribution in [1.82, 2.24) is 10.2 Å². The van der Waals surface area contributed by atoms with E-state index in [1.165, 1.54) is 61.0 Å². The largest absolute Gasteiger partial charge is 0.314 e. The van der Waals surface area contributed by atoms with Crippen LogP contribution in [0.2, 0.25) is 0 Å². The Hall–Kier alpha value is -1.06. The summed E-state index contributed by atoms with van der Waals surface area (Å²) in [5.41, 5.74) is 7.51. The fraction of sp³-hybridized carbons (Fsp3) is 0.478. The summed E-state index contributed by atoms with van der Waals surface area (Å²) in [5.74, 6) is 0.847. The van der Waals surface area contributed by atoms with Crippen LogP contribution in [0.1, 0.15) is 48.4 Å². The molecule has 1 atom stereocenters. The molecule has 4 heteroatoms. The lowest BCUT2D eigenvalue weighted by Gasteiger charge is -2.39. The zero-order chi connectivity index (χ0) is 16.6. The van der Waals surface area contributed by atoms with Gasteiger partial charge in [0, 0.05) is 32.2 Å². The molecule has 0 spiro atoms. The second-order valence-corrected chi connectivity index (χ2v) is 8.03. The molecule has 2 nitrogen and oxygen atoms in total. The molecule has 0 unspecified atom stereocenters. The van der Waals surface area contributed by atoms with E-state index in [1.807, 2.05) is 0 Å². The van der Waals surface area contributed by atoms with Crippen LogP contribution in [-0.2, 0) is 6.42 Å². The number of rotatable bonds is 3. The van der Waals surface area contributed by atoms with Crippen LogP contribution in [0.15, 0.2) is 42.5 Å². The molecule has 2 fully saturated rings. The van der Waals surface area contributed by atoms with E-state index < -0.39 is 0 Å². The summed E-state index contributed by atoms with van der Waals surface area (Å²) < 4.78 is 0. The standard InChI is InChI=1S/C23H28N2.2ClH/c1-2-6-17(5-1)23(25-13-11-24-12-14-25)19-9-10-22-20(16-19)15-18-7-3-4-8-21(18)22;;/h3-4,7-10,16-17,23-24H,1-2,5-6,11-15H2;2*1H/t23-;;/m1../s1. The lowest BCUT2D eigenvalue weighted by Crippen LogP contribution is -2.46. The smallest absolute Gasteiger partial charge is 0.0377 e. The summed E-state index contributed by atoms with van der Waals surface area (Å²) in [6.45, 7) is 4.66. The van der Waals surface area contributed by atoms with Crippen LogP contribution in [-0.4, -0.2) is 31.1 Å². The molecule has 1 aliphatic heterocycles. The minimum atomic E-state index is 0. The number of nitrogens with one attached hydrogen (secondary N) is 1. The predicted octanol–water partition coefficient (Wildman–Crippen LogP) is 5.24. The Balaban J connectivity index is 0.00000105. The van der Waals surface area contributed by atoms with E-state index in [9.17, 15) is 0 Å². The van der Waals surface area contributed by atoms with Gasteiger partial charge in [-0.15, -0.1) is 24.8 Å². The van der Waals surface area contributed by atoms with Crippen molar-refractivity contribution in [2.45, 2.75) is 38.1 Å². The molecule has 146 valence electrons. The highest BCUT2D eigenvalue weighted by atomic mass is 35.5. The van der Waals surface area contributed by atoms with Gasteiger partial charge in [-0.2, -0.15) is 0 Å². The lowest BCUT2D eigenvalue weighted by atomic mass is 9.88. The summed E-state index contributed by atoms with van der Waals surface area (Å²) >= 11 is 0. The summed E-state index contributed by atoms with van der Waals surface area (Å²) in [4.78, 5) is 2.76. The first kappa shape index (κ1) is 20.7. The predicted molar refractivity (Wildman–Crippen MR) is 118 cm³/mol. The maximum atomic E-state index is 3.52. The molecule has 3 aliphatic rings. The van der Waals surface area contributed by atoms with E-state index in [4.69, 9.17) is 0 Å². The zero-order valence-corrected chi connectivity index (χ0v) is 17.5. The second kappa shape index (κ2) is 8.96. The monoisotopic (exact) mass is 404 g/mol. The highest BCUT2D eigenvalue weighted by Crippen LogP contribution is 2.43. The Bertz CT molecular complexity index is 765. The number of fused-ring (bicyclic) bond motifs is 3. The van der Waals surface area contributed by atoms with E-state index in [2.05, 4.69) is 52.7 Å². The first-order valence-electron chi connectivity index (χ1n) is 10.1. The minimum Gasteiger partial charge on any atom is -0.314 e. The Morgan fingerprint density at radius 3 is 2.33 bits per heavy atom. The molecule has 0 bridgehead atoms. The summed E-state index contributed by atoms with van der Waals surface area (Å²) in [5, 5.41) is 3.52. The summed E-state index contributed by atoms with van der Waals surface area (Å²) in [6, 6.07) is 16.9. The number of halogens is 2. The first-order chi connectivity index (χ1) is 12.4. The maximum Gasteiger partial charge on any atom is 0.0377 e. The SMILES string of the molecule is Cl.Cl.c1ccc2c(c1)Cc1cc([C@@H](C3CCCC3)N3CCNCC3)ccc1-2. The Morgan fingerprint density at radius 1 is 0.852 bits per heavy atom. The molecule has 2 aromatic rings. The van der Waals surface area contributed by atoms with E-state index in [-0.39, 0.29) is 24.8 Å². The molecule has 0 radical (unpaired) electrons. The Kier molecular flexibility index (Phi) is 6.86. The van der Waals surface area contributed by atoms with Crippen LogP contribution in [0, 0.1) is 5.92 Å². The molecule has 2 aliphatic carbocycles. The van der Waals surface area contributed by atoms with Crippen LogP contribution in [0.3, 0.4) is 0 Å². The van der Waals surface area contributed by atoms with E-state index >= 15 is 0 Å². The fourth-order valence-electron chi connectivity index (χ4n) is 5.36. The van der Waals surface area contributed by atoms with Gasteiger partial charge in [0.2, 0.25) is 0 Å². The van der Waals surface area contributed by atoms with Gasteiger partial charge in [0.15, 0.2) is 0 Å². The first-order valence-corrected chi connectivity index (χ1v) is 10.1. The molecule has 5 rings (SSSR count). The lowest BCUT2D eigenvalue weighted by molar-refractivity contribution is 0.125. The molecule has 1 N–H and O–H groups in total. The molecular weight excluding hydrogens is 375 g/mol. The quantitative estimate of drug-likeness (QED) is 0.641. The van der Waals surface area contributed by atoms with Gasteiger partial charge in [-0.3, -0.25) is 4.90 Å².